The van der Waals surface area contributed by atoms with Crippen molar-refractivity contribution in [2.24, 2.45) is 0 Å². The summed E-state index contributed by atoms with van der Waals surface area (Å²) in [7, 11) is 4.44. The van der Waals surface area contributed by atoms with Gasteiger partial charge in [-0.2, -0.15) is 0 Å². The Balaban J connectivity index is 2.42. The lowest BCUT2D eigenvalue weighted by atomic mass is 9.46. The third-order valence-corrected chi connectivity index (χ3v) is 3.13. The van der Waals surface area contributed by atoms with E-state index in [1.54, 1.807) is 0 Å². The fourth-order valence-electron chi connectivity index (χ4n) is 1.63. The van der Waals surface area contributed by atoms with Crippen LogP contribution >= 0.6 is 0 Å². The zero-order valence-corrected chi connectivity index (χ0v) is 6.31. The summed E-state index contributed by atoms with van der Waals surface area (Å²) in [6, 6.07) is 0. The predicted molar refractivity (Wildman–Crippen MR) is 42.1 cm³/mol. The van der Waals surface area contributed by atoms with Gasteiger partial charge in [0.15, 0.2) is 0 Å². The molecule has 1 aliphatic rings. The number of nitrogens with zero attached hydrogens (tertiary/aromatic N) is 2. The maximum absolute atomic E-state index is 2.50. The van der Waals surface area contributed by atoms with E-state index in [4.69, 9.17) is 0 Å². The lowest BCUT2D eigenvalue weighted by Gasteiger charge is -2.51. The van der Waals surface area contributed by atoms with Crippen LogP contribution in [0.3, 0.4) is 0 Å². The summed E-state index contributed by atoms with van der Waals surface area (Å²) < 4.78 is 5.00. The van der Waals surface area contributed by atoms with Crippen LogP contribution in [0.5, 0.6) is 0 Å². The van der Waals surface area contributed by atoms with E-state index >= 15 is 0 Å². The topological polar surface area (TPSA) is 11.8 Å². The molecule has 46 valence electrons. The molecule has 2 radical (unpaired) electrons. The Bertz CT molecular complexity index is 66.0. The Labute approximate surface area is 52.1 Å². The molecule has 0 unspecified atom stereocenters. The molecule has 1 aliphatic heterocycles. The molecule has 0 N–H and O–H groups in total. The van der Waals surface area contributed by atoms with Gasteiger partial charge in [0.25, 0.3) is 0 Å². The van der Waals surface area contributed by atoms with E-state index in [1.165, 1.54) is 0 Å². The van der Waals surface area contributed by atoms with Crippen molar-refractivity contribution in [3.63, 3.8) is 0 Å². The van der Waals surface area contributed by atoms with Gasteiger partial charge in [-0.1, -0.05) is 13.6 Å². The number of rotatable bonds is 0. The molecule has 4 heteroatoms. The first-order valence-electron chi connectivity index (χ1n) is 3.57. The lowest BCUT2D eigenvalue weighted by Crippen LogP contribution is -2.79. The van der Waals surface area contributed by atoms with Gasteiger partial charge in [0, 0.05) is 14.1 Å². The van der Waals surface area contributed by atoms with Crippen LogP contribution in [0.4, 0.5) is 0 Å². The van der Waals surface area contributed by atoms with E-state index in [9.17, 15) is 0 Å². The van der Waals surface area contributed by atoms with Crippen molar-refractivity contribution in [2.45, 2.75) is 13.6 Å². The summed E-state index contributed by atoms with van der Waals surface area (Å²) in [5, 5.41) is 0. The van der Waals surface area contributed by atoms with E-state index in [1.807, 2.05) is 0 Å². The van der Waals surface area contributed by atoms with E-state index < -0.39 is 0 Å². The molecule has 0 aliphatic carbocycles. The fraction of sp³-hybridized carbons (Fsp3) is 1.00. The second kappa shape index (κ2) is 1.78. The van der Waals surface area contributed by atoms with Gasteiger partial charge < -0.3 is 9.44 Å². The lowest BCUT2D eigenvalue weighted by molar-refractivity contribution is 0.747. The van der Waals surface area contributed by atoms with E-state index in [-0.39, 0.29) is 14.0 Å². The second-order valence-electron chi connectivity index (χ2n) is 3.26. The molecule has 1 fully saturated rings. The number of hydrogen-bond donors (Lipinski definition) is 0. The first-order chi connectivity index (χ1) is 3.64. The second-order valence-corrected chi connectivity index (χ2v) is 3.26. The van der Waals surface area contributed by atoms with Gasteiger partial charge >= 0.3 is 14.0 Å². The Hall–Kier alpha value is 0.0499. The van der Waals surface area contributed by atoms with Crippen LogP contribution in [0.1, 0.15) is 0 Å². The van der Waals surface area contributed by atoms with Crippen molar-refractivity contribution in [1.82, 2.24) is 9.44 Å². The van der Waals surface area contributed by atoms with Gasteiger partial charge in [-0.25, -0.2) is 0 Å². The molecule has 0 aromatic heterocycles. The summed E-state index contributed by atoms with van der Waals surface area (Å²) in [4.78, 5) is 0. The zero-order chi connectivity index (χ0) is 6.31. The Morgan fingerprint density at radius 2 is 1.12 bits per heavy atom. The van der Waals surface area contributed by atoms with Crippen LogP contribution in [-0.2, 0) is 0 Å². The number of hydrogen-bond acceptors (Lipinski definition) is 2. The van der Waals surface area contributed by atoms with Crippen molar-refractivity contribution < 1.29 is 0 Å². The molecule has 0 saturated carbocycles. The quantitative estimate of drug-likeness (QED) is 0.365. The summed E-state index contributed by atoms with van der Waals surface area (Å²) in [6.45, 7) is 4.56. The van der Waals surface area contributed by atoms with Crippen molar-refractivity contribution in [2.75, 3.05) is 14.1 Å². The molecule has 0 amide bonds. The van der Waals surface area contributed by atoms with Crippen molar-refractivity contribution in [3.8, 4) is 0 Å². The minimum absolute atomic E-state index is 0.0347. The molecule has 0 spiro atoms. The van der Waals surface area contributed by atoms with Crippen LogP contribution < -0.4 is 9.44 Å². The first kappa shape index (κ1) is 6.17. The van der Waals surface area contributed by atoms with Crippen LogP contribution in [0.2, 0.25) is 13.6 Å². The molecular formula is C4H14B2N2. The van der Waals surface area contributed by atoms with Crippen LogP contribution in [0, 0.1) is 0 Å². The minimum Gasteiger partial charge on any atom is -0.515 e. The molecule has 8 heavy (non-hydrogen) atoms. The minimum atomic E-state index is -0.0347. The maximum atomic E-state index is 2.50. The van der Waals surface area contributed by atoms with Crippen LogP contribution in [-0.4, -0.2) is 28.1 Å². The summed E-state index contributed by atoms with van der Waals surface area (Å²) in [5.41, 5.74) is 0. The zero-order valence-electron chi connectivity index (χ0n) is 6.31. The standard InChI is InChI=1S/C4H14B2N2/c1-5-7(3)6(2)8(5)4/h5-6H,1-4H3. The van der Waals surface area contributed by atoms with Gasteiger partial charge in [-0.05, 0) is 0 Å². The van der Waals surface area contributed by atoms with Crippen molar-refractivity contribution in [3.05, 3.63) is 0 Å². The Kier molecular flexibility index (Phi) is 1.37. The highest BCUT2D eigenvalue weighted by Crippen LogP contribution is 2.07. The first-order valence-corrected chi connectivity index (χ1v) is 3.57. The maximum Gasteiger partial charge on any atom is 0.389 e. The van der Waals surface area contributed by atoms with Gasteiger partial charge in [0.2, 0.25) is 0 Å². The Morgan fingerprint density at radius 1 is 0.875 bits per heavy atom. The van der Waals surface area contributed by atoms with Gasteiger partial charge in [-0.15, -0.1) is 0 Å². The van der Waals surface area contributed by atoms with Gasteiger partial charge in [0.1, 0.15) is 0 Å². The molecule has 0 aromatic carbocycles. The summed E-state index contributed by atoms with van der Waals surface area (Å²) in [5.74, 6) is 0. The molecule has 1 saturated heterocycles. The van der Waals surface area contributed by atoms with Crippen molar-refractivity contribution in [1.29, 1.82) is 0 Å². The fourth-order valence-corrected chi connectivity index (χ4v) is 1.63. The molecular weight excluding hydrogens is 97.7 g/mol. The molecule has 2 nitrogen and oxygen atoms in total. The average molecular weight is 112 g/mol. The molecule has 1 heterocycles. The van der Waals surface area contributed by atoms with Crippen LogP contribution in [0.15, 0.2) is 0 Å². The molecule has 1 rings (SSSR count). The van der Waals surface area contributed by atoms with Gasteiger partial charge in [0.05, 0.1) is 0 Å². The van der Waals surface area contributed by atoms with Crippen molar-refractivity contribution >= 4 is 14.0 Å². The van der Waals surface area contributed by atoms with Gasteiger partial charge in [-0.3, -0.25) is 0 Å². The molecule has 0 bridgehead atoms. The summed E-state index contributed by atoms with van der Waals surface area (Å²) >= 11 is 0. The van der Waals surface area contributed by atoms with E-state index in [0.29, 0.717) is 0 Å². The SMILES string of the molecule is C[BH-]1[N+](C)[BH-](C)[N+]1C. The predicted octanol–water partition coefficient (Wildman–Crippen LogP) is -0.760. The highest BCUT2D eigenvalue weighted by atomic mass is 15.3. The Morgan fingerprint density at radius 3 is 1.25 bits per heavy atom. The van der Waals surface area contributed by atoms with Crippen LogP contribution in [0.25, 0.3) is 0 Å². The molecule has 0 atom stereocenters. The normalized spacial score (nSPS) is 42.0. The monoisotopic (exact) mass is 112 g/mol. The third-order valence-electron chi connectivity index (χ3n) is 3.13. The largest absolute Gasteiger partial charge is 0.515 e. The third kappa shape index (κ3) is 0.599. The average Bonchev–Trinajstić information content (AvgIpc) is 1.83. The summed E-state index contributed by atoms with van der Waals surface area (Å²) in [6.07, 6.45) is 0. The highest BCUT2D eigenvalue weighted by molar-refractivity contribution is 6.88. The smallest absolute Gasteiger partial charge is 0.389 e. The highest BCUT2D eigenvalue weighted by Gasteiger charge is 2.40. The molecule has 0 aromatic rings. The van der Waals surface area contributed by atoms with E-state index in [2.05, 4.69) is 37.2 Å². The van der Waals surface area contributed by atoms with E-state index in [0.717, 1.165) is 0 Å².